The zero-order chi connectivity index (χ0) is 15.2. The Kier molecular flexibility index (Phi) is 4.46. The van der Waals surface area contributed by atoms with Crippen molar-refractivity contribution in [1.29, 1.82) is 0 Å². The summed E-state index contributed by atoms with van der Waals surface area (Å²) in [4.78, 5) is 9.38. The standard InChI is InChI=1S/C16H12ClN3O2/c17-14-8-6-13(7-9-14)16-19-15(22-20-16)11-21-18-10-12-4-2-1-3-5-12/h1-10H,11H2/b18-10-. The topological polar surface area (TPSA) is 60.5 Å². The molecule has 1 heterocycles. The van der Waals surface area contributed by atoms with E-state index in [9.17, 15) is 0 Å². The average molecular weight is 314 g/mol. The van der Waals surface area contributed by atoms with Crippen molar-refractivity contribution in [3.05, 3.63) is 71.1 Å². The maximum absolute atomic E-state index is 5.84. The Hall–Kier alpha value is -2.66. The Labute approximate surface area is 132 Å². The van der Waals surface area contributed by atoms with E-state index >= 15 is 0 Å². The van der Waals surface area contributed by atoms with Crippen LogP contribution in [-0.4, -0.2) is 16.4 Å². The number of hydrogen-bond donors (Lipinski definition) is 0. The van der Waals surface area contributed by atoms with Crippen molar-refractivity contribution >= 4 is 17.8 Å². The lowest BCUT2D eigenvalue weighted by molar-refractivity contribution is 0.107. The molecule has 0 fully saturated rings. The Balaban J connectivity index is 1.58. The summed E-state index contributed by atoms with van der Waals surface area (Å²) in [5, 5.41) is 8.41. The van der Waals surface area contributed by atoms with E-state index in [1.54, 1.807) is 18.3 Å². The summed E-state index contributed by atoms with van der Waals surface area (Å²) in [5.74, 6) is 0.845. The summed E-state index contributed by atoms with van der Waals surface area (Å²) in [7, 11) is 0. The molecule has 0 saturated heterocycles. The minimum Gasteiger partial charge on any atom is -0.386 e. The van der Waals surface area contributed by atoms with Crippen LogP contribution in [0.25, 0.3) is 11.4 Å². The maximum Gasteiger partial charge on any atom is 0.267 e. The fourth-order valence-corrected chi connectivity index (χ4v) is 1.89. The predicted octanol–water partition coefficient (Wildman–Crippen LogP) is 3.94. The minimum absolute atomic E-state index is 0.115. The molecule has 0 aliphatic carbocycles. The van der Waals surface area contributed by atoms with Crippen molar-refractivity contribution in [2.75, 3.05) is 0 Å². The summed E-state index contributed by atoms with van der Waals surface area (Å²) in [6.07, 6.45) is 1.62. The molecule has 0 spiro atoms. The van der Waals surface area contributed by atoms with Crippen LogP contribution >= 0.6 is 11.6 Å². The van der Waals surface area contributed by atoms with Crippen LogP contribution in [0.3, 0.4) is 0 Å². The second kappa shape index (κ2) is 6.87. The molecule has 0 aliphatic rings. The third kappa shape index (κ3) is 3.71. The predicted molar refractivity (Wildman–Crippen MR) is 83.6 cm³/mol. The first-order chi connectivity index (χ1) is 10.8. The molecule has 0 bridgehead atoms. The highest BCUT2D eigenvalue weighted by molar-refractivity contribution is 6.30. The Morgan fingerprint density at radius 2 is 1.86 bits per heavy atom. The SMILES string of the molecule is Clc1ccc(-c2noc(CO/N=C\c3ccccc3)n2)cc1. The molecule has 5 nitrogen and oxygen atoms in total. The molecule has 0 N–H and O–H groups in total. The lowest BCUT2D eigenvalue weighted by atomic mass is 10.2. The molecule has 6 heteroatoms. The van der Waals surface area contributed by atoms with Gasteiger partial charge in [0.25, 0.3) is 5.89 Å². The highest BCUT2D eigenvalue weighted by Gasteiger charge is 2.08. The van der Waals surface area contributed by atoms with Gasteiger partial charge in [0.05, 0.1) is 6.21 Å². The Bertz CT molecular complexity index is 755. The highest BCUT2D eigenvalue weighted by atomic mass is 35.5. The van der Waals surface area contributed by atoms with E-state index in [4.69, 9.17) is 21.0 Å². The van der Waals surface area contributed by atoms with Gasteiger partial charge in [-0.1, -0.05) is 52.2 Å². The van der Waals surface area contributed by atoms with Crippen LogP contribution in [0.4, 0.5) is 0 Å². The fraction of sp³-hybridized carbons (Fsp3) is 0.0625. The minimum atomic E-state index is 0.115. The van der Waals surface area contributed by atoms with Crippen molar-refractivity contribution < 1.29 is 9.36 Å². The van der Waals surface area contributed by atoms with Crippen LogP contribution < -0.4 is 0 Å². The molecule has 110 valence electrons. The Morgan fingerprint density at radius 3 is 2.64 bits per heavy atom. The number of rotatable bonds is 5. The highest BCUT2D eigenvalue weighted by Crippen LogP contribution is 2.18. The number of oxime groups is 1. The third-order valence-corrected chi connectivity index (χ3v) is 3.09. The van der Waals surface area contributed by atoms with Crippen LogP contribution in [0.1, 0.15) is 11.5 Å². The van der Waals surface area contributed by atoms with Crippen LogP contribution in [0.15, 0.2) is 64.3 Å². The van der Waals surface area contributed by atoms with Gasteiger partial charge in [-0.25, -0.2) is 0 Å². The van der Waals surface area contributed by atoms with Crippen LogP contribution in [0.2, 0.25) is 5.02 Å². The largest absolute Gasteiger partial charge is 0.386 e. The van der Waals surface area contributed by atoms with Crippen molar-refractivity contribution in [3.8, 4) is 11.4 Å². The van der Waals surface area contributed by atoms with Gasteiger partial charge in [0.2, 0.25) is 5.82 Å². The van der Waals surface area contributed by atoms with E-state index in [0.29, 0.717) is 16.7 Å². The first-order valence-corrected chi connectivity index (χ1v) is 6.98. The third-order valence-electron chi connectivity index (χ3n) is 2.83. The number of hydrogen-bond acceptors (Lipinski definition) is 5. The second-order valence-electron chi connectivity index (χ2n) is 4.44. The zero-order valence-corrected chi connectivity index (χ0v) is 12.3. The lowest BCUT2D eigenvalue weighted by Crippen LogP contribution is -1.89. The Morgan fingerprint density at radius 1 is 1.09 bits per heavy atom. The summed E-state index contributed by atoms with van der Waals surface area (Å²) >= 11 is 5.84. The van der Waals surface area contributed by atoms with Crippen LogP contribution in [0, 0.1) is 0 Å². The molecule has 0 saturated carbocycles. The van der Waals surface area contributed by atoms with E-state index in [1.165, 1.54) is 0 Å². The normalized spacial score (nSPS) is 11.0. The van der Waals surface area contributed by atoms with Crippen LogP contribution in [-0.2, 0) is 11.4 Å². The molecule has 0 amide bonds. The molecule has 0 atom stereocenters. The number of benzene rings is 2. The quantitative estimate of drug-likeness (QED) is 0.529. The number of aromatic nitrogens is 2. The second-order valence-corrected chi connectivity index (χ2v) is 4.87. The summed E-state index contributed by atoms with van der Waals surface area (Å²) in [5.41, 5.74) is 1.78. The molecular formula is C16H12ClN3O2. The van der Waals surface area contributed by atoms with Crippen molar-refractivity contribution in [1.82, 2.24) is 10.1 Å². The van der Waals surface area contributed by atoms with Gasteiger partial charge in [-0.3, -0.25) is 0 Å². The monoisotopic (exact) mass is 313 g/mol. The maximum atomic E-state index is 5.84. The molecule has 3 aromatic rings. The van der Waals surface area contributed by atoms with Gasteiger partial charge in [0.1, 0.15) is 0 Å². The zero-order valence-electron chi connectivity index (χ0n) is 11.5. The molecule has 0 radical (unpaired) electrons. The van der Waals surface area contributed by atoms with Gasteiger partial charge in [0, 0.05) is 10.6 Å². The summed E-state index contributed by atoms with van der Waals surface area (Å²) in [6.45, 7) is 0.115. The summed E-state index contributed by atoms with van der Waals surface area (Å²) in [6, 6.07) is 16.8. The first kappa shape index (κ1) is 14.3. The van der Waals surface area contributed by atoms with E-state index in [0.717, 1.165) is 11.1 Å². The van der Waals surface area contributed by atoms with Gasteiger partial charge in [-0.15, -0.1) is 0 Å². The molecule has 3 rings (SSSR count). The van der Waals surface area contributed by atoms with Gasteiger partial charge in [0.15, 0.2) is 6.61 Å². The smallest absolute Gasteiger partial charge is 0.267 e. The van der Waals surface area contributed by atoms with Gasteiger partial charge >= 0.3 is 0 Å². The number of halogens is 1. The fourth-order valence-electron chi connectivity index (χ4n) is 1.76. The van der Waals surface area contributed by atoms with E-state index < -0.39 is 0 Å². The van der Waals surface area contributed by atoms with Gasteiger partial charge in [-0.2, -0.15) is 4.98 Å². The molecule has 1 aromatic heterocycles. The van der Waals surface area contributed by atoms with Gasteiger partial charge in [-0.05, 0) is 29.8 Å². The van der Waals surface area contributed by atoms with Crippen LogP contribution in [0.5, 0.6) is 0 Å². The van der Waals surface area contributed by atoms with Gasteiger partial charge < -0.3 is 9.36 Å². The molecule has 22 heavy (non-hydrogen) atoms. The van der Waals surface area contributed by atoms with Crippen molar-refractivity contribution in [2.45, 2.75) is 6.61 Å². The van der Waals surface area contributed by atoms with E-state index in [1.807, 2.05) is 42.5 Å². The average Bonchev–Trinajstić information content (AvgIpc) is 3.02. The molecular weight excluding hydrogens is 302 g/mol. The molecule has 0 unspecified atom stereocenters. The van der Waals surface area contributed by atoms with Crippen molar-refractivity contribution in [2.24, 2.45) is 5.16 Å². The van der Waals surface area contributed by atoms with E-state index in [-0.39, 0.29) is 6.61 Å². The van der Waals surface area contributed by atoms with E-state index in [2.05, 4.69) is 15.3 Å². The number of nitrogens with zero attached hydrogens (tertiary/aromatic N) is 3. The first-order valence-electron chi connectivity index (χ1n) is 6.60. The molecule has 0 aliphatic heterocycles. The summed E-state index contributed by atoms with van der Waals surface area (Å²) < 4.78 is 5.11. The molecule has 2 aromatic carbocycles. The lowest BCUT2D eigenvalue weighted by Gasteiger charge is -1.94. The van der Waals surface area contributed by atoms with Crippen molar-refractivity contribution in [3.63, 3.8) is 0 Å².